The lowest BCUT2D eigenvalue weighted by atomic mass is 10.2. The number of anilines is 2. The fourth-order valence-corrected chi connectivity index (χ4v) is 1.71. The molecule has 100 valence electrons. The highest BCUT2D eigenvalue weighted by atomic mass is 16.2. The average molecular weight is 269 g/mol. The molecule has 0 atom stereocenters. The minimum Gasteiger partial charge on any atom is -0.396 e. The molecule has 1 aromatic carbocycles. The van der Waals surface area contributed by atoms with Gasteiger partial charge < -0.3 is 11.1 Å². The molecule has 0 saturated heterocycles. The van der Waals surface area contributed by atoms with Crippen molar-refractivity contribution in [3.8, 4) is 5.69 Å². The summed E-state index contributed by atoms with van der Waals surface area (Å²) in [5, 5.41) is 13.0. The lowest BCUT2D eigenvalue weighted by molar-refractivity contribution is 0.102. The van der Waals surface area contributed by atoms with Crippen LogP contribution in [-0.4, -0.2) is 30.9 Å². The monoisotopic (exact) mass is 269 g/mol. The van der Waals surface area contributed by atoms with Crippen LogP contribution in [-0.2, 0) is 0 Å². The normalized spacial score (nSPS) is 10.4. The predicted molar refractivity (Wildman–Crippen MR) is 72.3 cm³/mol. The van der Waals surface area contributed by atoms with Crippen molar-refractivity contribution in [1.29, 1.82) is 0 Å². The SMILES string of the molecule is Nc1cn[nH]c1C(=O)Nc1ccc(-n2cncn2)cc1. The van der Waals surface area contributed by atoms with Crippen molar-refractivity contribution >= 4 is 17.3 Å². The van der Waals surface area contributed by atoms with Crippen molar-refractivity contribution in [3.05, 3.63) is 48.8 Å². The Bertz CT molecular complexity index is 715. The van der Waals surface area contributed by atoms with E-state index in [-0.39, 0.29) is 11.6 Å². The fourth-order valence-electron chi connectivity index (χ4n) is 1.71. The van der Waals surface area contributed by atoms with Gasteiger partial charge in [-0.3, -0.25) is 9.89 Å². The maximum Gasteiger partial charge on any atom is 0.275 e. The van der Waals surface area contributed by atoms with Gasteiger partial charge in [0.2, 0.25) is 0 Å². The second kappa shape index (κ2) is 4.84. The zero-order chi connectivity index (χ0) is 13.9. The van der Waals surface area contributed by atoms with Crippen LogP contribution in [0.3, 0.4) is 0 Å². The Morgan fingerprint density at radius 1 is 1.30 bits per heavy atom. The molecule has 3 aromatic rings. The third-order valence-electron chi connectivity index (χ3n) is 2.70. The first kappa shape index (κ1) is 11.9. The molecule has 0 fully saturated rings. The van der Waals surface area contributed by atoms with Gasteiger partial charge in [0.25, 0.3) is 5.91 Å². The van der Waals surface area contributed by atoms with Crippen molar-refractivity contribution in [3.63, 3.8) is 0 Å². The Morgan fingerprint density at radius 2 is 2.10 bits per heavy atom. The van der Waals surface area contributed by atoms with Gasteiger partial charge in [0.05, 0.1) is 17.6 Å². The molecule has 2 heterocycles. The summed E-state index contributed by atoms with van der Waals surface area (Å²) in [6, 6.07) is 7.17. The zero-order valence-electron chi connectivity index (χ0n) is 10.3. The maximum atomic E-state index is 11.9. The quantitative estimate of drug-likeness (QED) is 0.651. The summed E-state index contributed by atoms with van der Waals surface area (Å²) in [6.07, 6.45) is 4.44. The van der Waals surface area contributed by atoms with Crippen LogP contribution in [0.1, 0.15) is 10.5 Å². The molecule has 0 bridgehead atoms. The first-order chi connectivity index (χ1) is 9.74. The van der Waals surface area contributed by atoms with Crippen molar-refractivity contribution < 1.29 is 4.79 Å². The molecule has 0 saturated carbocycles. The second-order valence-corrected chi connectivity index (χ2v) is 4.04. The van der Waals surface area contributed by atoms with Crippen LogP contribution in [0.15, 0.2) is 43.1 Å². The number of nitrogens with two attached hydrogens (primary N) is 1. The number of carbonyl (C=O) groups is 1. The highest BCUT2D eigenvalue weighted by molar-refractivity contribution is 6.06. The summed E-state index contributed by atoms with van der Waals surface area (Å²) >= 11 is 0. The van der Waals surface area contributed by atoms with E-state index in [9.17, 15) is 4.79 Å². The molecule has 0 aliphatic carbocycles. The summed E-state index contributed by atoms with van der Waals surface area (Å²) in [6.45, 7) is 0. The number of hydrogen-bond donors (Lipinski definition) is 3. The lowest BCUT2D eigenvalue weighted by Crippen LogP contribution is -2.14. The van der Waals surface area contributed by atoms with Gasteiger partial charge in [0, 0.05) is 5.69 Å². The van der Waals surface area contributed by atoms with Crippen LogP contribution in [0, 0.1) is 0 Å². The van der Waals surface area contributed by atoms with Crippen LogP contribution in [0.2, 0.25) is 0 Å². The number of nitrogen functional groups attached to an aromatic ring is 1. The third kappa shape index (κ3) is 2.21. The molecule has 20 heavy (non-hydrogen) atoms. The number of amides is 1. The fraction of sp³-hybridized carbons (Fsp3) is 0. The highest BCUT2D eigenvalue weighted by Gasteiger charge is 2.11. The third-order valence-corrected chi connectivity index (χ3v) is 2.70. The Kier molecular flexibility index (Phi) is 2.88. The minimum atomic E-state index is -0.339. The topological polar surface area (TPSA) is 115 Å². The molecule has 1 amide bonds. The molecule has 0 unspecified atom stereocenters. The van der Waals surface area contributed by atoms with E-state index in [0.29, 0.717) is 11.4 Å². The Balaban J connectivity index is 1.76. The molecule has 2 aromatic heterocycles. The average Bonchev–Trinajstić information content (AvgIpc) is 3.10. The Hall–Kier alpha value is -3.16. The van der Waals surface area contributed by atoms with E-state index in [1.165, 1.54) is 12.5 Å². The number of hydrogen-bond acceptors (Lipinski definition) is 5. The Labute approximate surface area is 113 Å². The van der Waals surface area contributed by atoms with Crippen LogP contribution in [0.5, 0.6) is 0 Å². The van der Waals surface area contributed by atoms with Gasteiger partial charge in [-0.15, -0.1) is 0 Å². The molecule has 4 N–H and O–H groups in total. The summed E-state index contributed by atoms with van der Waals surface area (Å²) in [7, 11) is 0. The van der Waals surface area contributed by atoms with Crippen LogP contribution >= 0.6 is 0 Å². The van der Waals surface area contributed by atoms with Crippen LogP contribution in [0.4, 0.5) is 11.4 Å². The summed E-state index contributed by atoms with van der Waals surface area (Å²) in [5.74, 6) is -0.339. The number of nitrogens with zero attached hydrogens (tertiary/aromatic N) is 4. The number of aromatic amines is 1. The molecule has 8 heteroatoms. The standard InChI is InChI=1S/C12H11N7O/c13-10-5-15-18-11(10)12(20)17-8-1-3-9(4-2-8)19-7-14-6-16-19/h1-7H,13H2,(H,15,18)(H,17,20). The summed E-state index contributed by atoms with van der Waals surface area (Å²) < 4.78 is 1.62. The van der Waals surface area contributed by atoms with E-state index < -0.39 is 0 Å². The van der Waals surface area contributed by atoms with E-state index >= 15 is 0 Å². The molecule has 0 aliphatic heterocycles. The number of carbonyl (C=O) groups excluding carboxylic acids is 1. The van der Waals surface area contributed by atoms with Crippen molar-refractivity contribution in [2.24, 2.45) is 0 Å². The predicted octanol–water partition coefficient (Wildman–Crippen LogP) is 0.825. The van der Waals surface area contributed by atoms with Crippen molar-refractivity contribution in [1.82, 2.24) is 25.0 Å². The van der Waals surface area contributed by atoms with E-state index in [4.69, 9.17) is 5.73 Å². The molecule has 0 radical (unpaired) electrons. The molecular formula is C12H11N7O. The van der Waals surface area contributed by atoms with Gasteiger partial charge in [-0.2, -0.15) is 10.2 Å². The molecule has 3 rings (SSSR count). The molecule has 0 aliphatic rings. The van der Waals surface area contributed by atoms with Crippen molar-refractivity contribution in [2.45, 2.75) is 0 Å². The van der Waals surface area contributed by atoms with E-state index in [0.717, 1.165) is 5.69 Å². The summed E-state index contributed by atoms with van der Waals surface area (Å²) in [4.78, 5) is 15.8. The van der Waals surface area contributed by atoms with E-state index in [1.807, 2.05) is 12.1 Å². The lowest BCUT2D eigenvalue weighted by Gasteiger charge is -2.05. The van der Waals surface area contributed by atoms with Gasteiger partial charge in [-0.1, -0.05) is 0 Å². The van der Waals surface area contributed by atoms with E-state index in [1.54, 1.807) is 23.1 Å². The smallest absolute Gasteiger partial charge is 0.275 e. The maximum absolute atomic E-state index is 11.9. The zero-order valence-corrected chi connectivity index (χ0v) is 10.3. The number of nitrogens with one attached hydrogen (secondary N) is 2. The molecule has 0 spiro atoms. The number of benzene rings is 1. The van der Waals surface area contributed by atoms with Gasteiger partial charge in [0.1, 0.15) is 18.3 Å². The number of rotatable bonds is 3. The first-order valence-corrected chi connectivity index (χ1v) is 5.79. The highest BCUT2D eigenvalue weighted by Crippen LogP contribution is 2.14. The van der Waals surface area contributed by atoms with Gasteiger partial charge >= 0.3 is 0 Å². The number of aromatic nitrogens is 5. The molecule has 8 nitrogen and oxygen atoms in total. The van der Waals surface area contributed by atoms with E-state index in [2.05, 4.69) is 25.6 Å². The first-order valence-electron chi connectivity index (χ1n) is 5.79. The van der Waals surface area contributed by atoms with Gasteiger partial charge in [-0.05, 0) is 24.3 Å². The van der Waals surface area contributed by atoms with Gasteiger partial charge in [-0.25, -0.2) is 9.67 Å². The summed E-state index contributed by atoms with van der Waals surface area (Å²) in [5.41, 5.74) is 7.65. The van der Waals surface area contributed by atoms with Gasteiger partial charge in [0.15, 0.2) is 0 Å². The second-order valence-electron chi connectivity index (χ2n) is 4.04. The Morgan fingerprint density at radius 3 is 2.70 bits per heavy atom. The van der Waals surface area contributed by atoms with Crippen molar-refractivity contribution in [2.75, 3.05) is 11.1 Å². The van der Waals surface area contributed by atoms with Crippen LogP contribution in [0.25, 0.3) is 5.69 Å². The largest absolute Gasteiger partial charge is 0.396 e. The molecular weight excluding hydrogens is 258 g/mol. The minimum absolute atomic E-state index is 0.241. The number of H-pyrrole nitrogens is 1. The van der Waals surface area contributed by atoms with Crippen LogP contribution < -0.4 is 11.1 Å².